The monoisotopic (exact) mass is 326 g/mol. The van der Waals surface area contributed by atoms with Gasteiger partial charge in [0, 0.05) is 44.8 Å². The van der Waals surface area contributed by atoms with Crippen LogP contribution in [0.5, 0.6) is 0 Å². The van der Waals surface area contributed by atoms with E-state index in [2.05, 4.69) is 31.8 Å². The minimum Gasteiger partial charge on any atom is -0.375 e. The third-order valence-corrected chi connectivity index (χ3v) is 5.20. The van der Waals surface area contributed by atoms with E-state index in [1.165, 1.54) is 36.9 Å². The van der Waals surface area contributed by atoms with Crippen LogP contribution >= 0.6 is 0 Å². The Labute approximate surface area is 143 Å². The highest BCUT2D eigenvalue weighted by Gasteiger charge is 2.24. The fourth-order valence-corrected chi connectivity index (χ4v) is 3.92. The van der Waals surface area contributed by atoms with Crippen LogP contribution in [0.3, 0.4) is 0 Å². The van der Waals surface area contributed by atoms with Crippen molar-refractivity contribution in [1.29, 1.82) is 0 Å². The molecule has 0 N–H and O–H groups in total. The largest absolute Gasteiger partial charge is 0.375 e. The fourth-order valence-electron chi connectivity index (χ4n) is 3.92. The van der Waals surface area contributed by atoms with E-state index >= 15 is 0 Å². The summed E-state index contributed by atoms with van der Waals surface area (Å²) in [6.45, 7) is 4.53. The van der Waals surface area contributed by atoms with Crippen LogP contribution < -0.4 is 0 Å². The molecule has 2 aromatic heterocycles. The predicted octanol–water partition coefficient (Wildman–Crippen LogP) is 2.87. The summed E-state index contributed by atoms with van der Waals surface area (Å²) in [5, 5.41) is 4.49. The molecule has 5 nitrogen and oxygen atoms in total. The molecule has 5 heteroatoms. The van der Waals surface area contributed by atoms with Gasteiger partial charge in [-0.25, -0.2) is 0 Å². The molecule has 1 fully saturated rings. The second-order valence-corrected chi connectivity index (χ2v) is 7.14. The Hall–Kier alpha value is -1.72. The molecule has 24 heavy (non-hydrogen) atoms. The standard InChI is InChI=1S/C19H26N4O/c1-2-5-16(4-1)15-24-19-13-22(11-17-6-3-8-20-10-17)12-18-7-9-21-23(18)14-19/h3,6-10,16,19H,1-2,4-5,11-15H2/t19-/m0/s1. The van der Waals surface area contributed by atoms with Gasteiger partial charge < -0.3 is 4.74 Å². The molecule has 0 radical (unpaired) electrons. The molecule has 1 aliphatic carbocycles. The predicted molar refractivity (Wildman–Crippen MR) is 92.3 cm³/mol. The lowest BCUT2D eigenvalue weighted by atomic mass is 10.1. The zero-order valence-electron chi connectivity index (χ0n) is 14.2. The highest BCUT2D eigenvalue weighted by molar-refractivity contribution is 5.09. The number of pyridine rings is 1. The summed E-state index contributed by atoms with van der Waals surface area (Å²) in [5.74, 6) is 0.761. The van der Waals surface area contributed by atoms with Crippen LogP contribution in [0, 0.1) is 5.92 Å². The first kappa shape index (κ1) is 15.8. The van der Waals surface area contributed by atoms with E-state index in [4.69, 9.17) is 4.74 Å². The Bertz CT molecular complexity index is 636. The lowest BCUT2D eigenvalue weighted by Crippen LogP contribution is -2.33. The minimum atomic E-state index is 0.212. The third-order valence-electron chi connectivity index (χ3n) is 5.20. The Morgan fingerprint density at radius 2 is 2.04 bits per heavy atom. The van der Waals surface area contributed by atoms with Crippen molar-refractivity contribution in [3.8, 4) is 0 Å². The van der Waals surface area contributed by atoms with Crippen LogP contribution in [0.25, 0.3) is 0 Å². The van der Waals surface area contributed by atoms with Gasteiger partial charge >= 0.3 is 0 Å². The van der Waals surface area contributed by atoms with Crippen molar-refractivity contribution in [3.05, 3.63) is 48.0 Å². The van der Waals surface area contributed by atoms with Gasteiger partial charge in [0.2, 0.25) is 0 Å². The molecular formula is C19H26N4O. The molecule has 1 aliphatic heterocycles. The van der Waals surface area contributed by atoms with E-state index in [1.54, 1.807) is 0 Å². The van der Waals surface area contributed by atoms with Crippen molar-refractivity contribution >= 4 is 0 Å². The van der Waals surface area contributed by atoms with Crippen LogP contribution in [0.2, 0.25) is 0 Å². The lowest BCUT2D eigenvalue weighted by molar-refractivity contribution is 0.000478. The van der Waals surface area contributed by atoms with Crippen molar-refractivity contribution in [2.24, 2.45) is 5.92 Å². The van der Waals surface area contributed by atoms with E-state index < -0.39 is 0 Å². The maximum atomic E-state index is 6.32. The Kier molecular flexibility index (Phi) is 4.90. The molecular weight excluding hydrogens is 300 g/mol. The molecule has 0 bridgehead atoms. The van der Waals surface area contributed by atoms with Gasteiger partial charge in [-0.05, 0) is 36.5 Å². The topological polar surface area (TPSA) is 43.2 Å². The SMILES string of the molecule is c1cncc(CN2Cc3ccnn3C[C@@H](OCC3CCCC3)C2)c1. The first-order valence-electron chi connectivity index (χ1n) is 9.10. The normalized spacial score (nSPS) is 22.4. The summed E-state index contributed by atoms with van der Waals surface area (Å²) < 4.78 is 8.44. The van der Waals surface area contributed by atoms with Crippen LogP contribution in [-0.2, 0) is 24.4 Å². The maximum Gasteiger partial charge on any atom is 0.0897 e. The van der Waals surface area contributed by atoms with Crippen molar-refractivity contribution in [2.75, 3.05) is 13.2 Å². The summed E-state index contributed by atoms with van der Waals surface area (Å²) in [5.41, 5.74) is 2.52. The second kappa shape index (κ2) is 7.45. The van der Waals surface area contributed by atoms with Crippen molar-refractivity contribution in [3.63, 3.8) is 0 Å². The molecule has 2 aromatic rings. The van der Waals surface area contributed by atoms with Crippen molar-refractivity contribution < 1.29 is 4.74 Å². The highest BCUT2D eigenvalue weighted by Crippen LogP contribution is 2.26. The van der Waals surface area contributed by atoms with Gasteiger partial charge in [-0.1, -0.05) is 18.9 Å². The molecule has 0 aromatic carbocycles. The Morgan fingerprint density at radius 3 is 2.88 bits per heavy atom. The molecule has 1 saturated carbocycles. The third kappa shape index (κ3) is 3.84. The lowest BCUT2D eigenvalue weighted by Gasteiger charge is -2.25. The quantitative estimate of drug-likeness (QED) is 0.847. The molecule has 2 aliphatic rings. The number of rotatable bonds is 5. The van der Waals surface area contributed by atoms with Gasteiger partial charge in [0.1, 0.15) is 0 Å². The van der Waals surface area contributed by atoms with Gasteiger partial charge in [0.15, 0.2) is 0 Å². The van der Waals surface area contributed by atoms with Crippen molar-refractivity contribution in [1.82, 2.24) is 19.7 Å². The summed E-state index contributed by atoms with van der Waals surface area (Å²) in [6.07, 6.45) is 11.3. The fraction of sp³-hybridized carbons (Fsp3) is 0.579. The van der Waals surface area contributed by atoms with E-state index in [0.717, 1.165) is 38.7 Å². The number of hydrogen-bond acceptors (Lipinski definition) is 4. The van der Waals surface area contributed by atoms with Gasteiger partial charge in [0.25, 0.3) is 0 Å². The van der Waals surface area contributed by atoms with E-state index in [0.29, 0.717) is 0 Å². The Balaban J connectivity index is 1.43. The molecule has 128 valence electrons. The summed E-state index contributed by atoms with van der Waals surface area (Å²) in [6, 6.07) is 6.27. The van der Waals surface area contributed by atoms with Gasteiger partial charge in [-0.15, -0.1) is 0 Å². The minimum absolute atomic E-state index is 0.212. The number of nitrogens with zero attached hydrogens (tertiary/aromatic N) is 4. The first-order valence-corrected chi connectivity index (χ1v) is 9.10. The van der Waals surface area contributed by atoms with Gasteiger partial charge in [-0.3, -0.25) is 14.6 Å². The van der Waals surface area contributed by atoms with Crippen molar-refractivity contribution in [2.45, 2.75) is 51.4 Å². The Morgan fingerprint density at radius 1 is 1.12 bits per heavy atom. The van der Waals surface area contributed by atoms with Gasteiger partial charge in [0.05, 0.1) is 18.3 Å². The molecule has 0 saturated heterocycles. The van der Waals surface area contributed by atoms with Crippen LogP contribution in [0.4, 0.5) is 0 Å². The van der Waals surface area contributed by atoms with Crippen LogP contribution in [0.15, 0.2) is 36.8 Å². The highest BCUT2D eigenvalue weighted by atomic mass is 16.5. The zero-order valence-corrected chi connectivity index (χ0v) is 14.2. The average molecular weight is 326 g/mol. The van der Waals surface area contributed by atoms with Crippen LogP contribution in [0.1, 0.15) is 36.9 Å². The molecule has 0 unspecified atom stereocenters. The maximum absolute atomic E-state index is 6.32. The summed E-state index contributed by atoms with van der Waals surface area (Å²) in [7, 11) is 0. The number of hydrogen-bond donors (Lipinski definition) is 0. The summed E-state index contributed by atoms with van der Waals surface area (Å²) >= 11 is 0. The van der Waals surface area contributed by atoms with Gasteiger partial charge in [-0.2, -0.15) is 5.10 Å². The number of ether oxygens (including phenoxy) is 1. The van der Waals surface area contributed by atoms with E-state index in [-0.39, 0.29) is 6.10 Å². The molecule has 0 amide bonds. The molecule has 1 atom stereocenters. The van der Waals surface area contributed by atoms with Crippen LogP contribution in [-0.4, -0.2) is 38.9 Å². The molecule has 4 rings (SSSR count). The molecule has 0 spiro atoms. The number of fused-ring (bicyclic) bond motifs is 1. The summed E-state index contributed by atoms with van der Waals surface area (Å²) in [4.78, 5) is 6.70. The van der Waals surface area contributed by atoms with E-state index in [9.17, 15) is 0 Å². The smallest absolute Gasteiger partial charge is 0.0897 e. The zero-order chi connectivity index (χ0) is 16.2. The first-order chi connectivity index (χ1) is 11.9. The second-order valence-electron chi connectivity index (χ2n) is 7.14. The molecule has 3 heterocycles. The van der Waals surface area contributed by atoms with E-state index in [1.807, 2.05) is 24.7 Å². The average Bonchev–Trinajstić information content (AvgIpc) is 3.23. The number of aromatic nitrogens is 3.